The van der Waals surface area contributed by atoms with Gasteiger partial charge in [-0.2, -0.15) is 15.1 Å². The quantitative estimate of drug-likeness (QED) is 0.0838. The number of fused-ring (bicyclic) bond motifs is 2. The van der Waals surface area contributed by atoms with Crippen molar-refractivity contribution in [2.24, 2.45) is 0 Å². The number of imide groups is 1. The number of H-pyrrole nitrogens is 1. The first kappa shape index (κ1) is 44.1. The topological polar surface area (TPSA) is 190 Å². The van der Waals surface area contributed by atoms with E-state index in [4.69, 9.17) is 19.4 Å². The van der Waals surface area contributed by atoms with E-state index in [-0.39, 0.29) is 36.6 Å². The molecule has 4 aliphatic rings. The Hall–Kier alpha value is -6.10. The summed E-state index contributed by atoms with van der Waals surface area (Å²) in [5, 5.41) is 17.7. The van der Waals surface area contributed by atoms with E-state index >= 15 is 4.39 Å². The molecule has 17 nitrogen and oxygen atoms in total. The first-order chi connectivity index (χ1) is 31.4. The zero-order valence-corrected chi connectivity index (χ0v) is 38.0. The largest absolute Gasteiger partial charge is 0.494 e. The number of aryl methyl sites for hydroxylation is 1. The minimum absolute atomic E-state index is 0.0931. The number of aromatic amines is 1. The number of hydrogen-bond acceptors (Lipinski definition) is 14. The van der Waals surface area contributed by atoms with E-state index in [0.29, 0.717) is 59.0 Å². The fraction of sp³-hybridized carbons (Fsp3) is 0.435. The van der Waals surface area contributed by atoms with Crippen LogP contribution < -0.4 is 35.6 Å². The minimum Gasteiger partial charge on any atom is -0.494 e. The lowest BCUT2D eigenvalue weighted by Crippen LogP contribution is -2.53. The Bertz CT molecular complexity index is 2680. The molecule has 1 atom stereocenters. The van der Waals surface area contributed by atoms with Crippen LogP contribution in [0.3, 0.4) is 0 Å². The van der Waals surface area contributed by atoms with Gasteiger partial charge in [0.1, 0.15) is 31.4 Å². The number of nitrogens with zero attached hydrogens (tertiary/aromatic N) is 7. The van der Waals surface area contributed by atoms with Crippen molar-refractivity contribution in [2.75, 3.05) is 88.4 Å². The van der Waals surface area contributed by atoms with Gasteiger partial charge in [-0.05, 0) is 80.5 Å². The molecular formula is C46H55FN11O6P. The number of methoxy groups -OCH3 is 1. The lowest BCUT2D eigenvalue weighted by atomic mass is 9.99. The highest BCUT2D eigenvalue weighted by Crippen LogP contribution is 2.40. The smallest absolute Gasteiger partial charge is 0.255 e. The molecule has 0 spiro atoms. The number of para-hydroxylation sites is 1. The predicted molar refractivity (Wildman–Crippen MR) is 247 cm³/mol. The summed E-state index contributed by atoms with van der Waals surface area (Å²) in [6.45, 7) is 12.3. The Morgan fingerprint density at radius 1 is 0.923 bits per heavy atom. The number of anilines is 5. The van der Waals surface area contributed by atoms with Crippen LogP contribution in [0.25, 0.3) is 11.0 Å². The number of aromatic nitrogens is 4. The van der Waals surface area contributed by atoms with Crippen LogP contribution in [0.2, 0.25) is 0 Å². The standard InChI is InChI=1S/C46H55FN11O6P/c1-5-28-22-35(50-46-52-42(32-26-48-54-43(32)53-46)49-34-8-6-7-9-40(34)65(3,4)62)39(63-2)25-37(28)57-14-12-30(13-15-57)56-18-16-55(17-19-56)20-21-64-38-23-29-27-58(45(61)31(29)24-33(38)47)36-10-11-41(59)51-44(36)60/h6-9,22-26,30,36H,5,10-21,27H2,1-4H3,(H,51,59,60)(H3,48,49,50,52,53,54). The number of amides is 3. The van der Waals surface area contributed by atoms with Crippen LogP contribution in [0.5, 0.6) is 11.5 Å². The van der Waals surface area contributed by atoms with Crippen molar-refractivity contribution in [1.82, 2.24) is 40.2 Å². The number of rotatable bonds is 14. The third kappa shape index (κ3) is 9.24. The van der Waals surface area contributed by atoms with Crippen LogP contribution in [0.1, 0.15) is 54.1 Å². The molecule has 1 unspecified atom stereocenters. The summed E-state index contributed by atoms with van der Waals surface area (Å²) in [7, 11) is -0.912. The van der Waals surface area contributed by atoms with Gasteiger partial charge in [0.05, 0.1) is 30.1 Å². The fourth-order valence-corrected chi connectivity index (χ4v) is 10.7. The second-order valence-corrected chi connectivity index (χ2v) is 20.6. The van der Waals surface area contributed by atoms with Crippen molar-refractivity contribution in [3.63, 3.8) is 0 Å². The van der Waals surface area contributed by atoms with Gasteiger partial charge in [-0.3, -0.25) is 34.6 Å². The van der Waals surface area contributed by atoms with Crippen LogP contribution in [-0.4, -0.2) is 138 Å². The third-order valence-corrected chi connectivity index (χ3v) is 14.6. The van der Waals surface area contributed by atoms with Gasteiger partial charge in [-0.25, -0.2) is 4.39 Å². The van der Waals surface area contributed by atoms with Gasteiger partial charge in [0.15, 0.2) is 17.2 Å². The molecular weight excluding hydrogens is 853 g/mol. The summed E-state index contributed by atoms with van der Waals surface area (Å²) in [6, 6.07) is 14.3. The Morgan fingerprint density at radius 3 is 2.45 bits per heavy atom. The second-order valence-electron chi connectivity index (χ2n) is 17.5. The Labute approximate surface area is 376 Å². The van der Waals surface area contributed by atoms with E-state index in [2.05, 4.69) is 59.9 Å². The monoisotopic (exact) mass is 907 g/mol. The summed E-state index contributed by atoms with van der Waals surface area (Å²) in [5.41, 5.74) is 5.19. The van der Waals surface area contributed by atoms with Crippen LogP contribution in [0.15, 0.2) is 54.7 Å². The van der Waals surface area contributed by atoms with Crippen molar-refractivity contribution in [3.05, 3.63) is 77.2 Å². The Morgan fingerprint density at radius 2 is 1.71 bits per heavy atom. The number of piperidine rings is 2. The highest BCUT2D eigenvalue weighted by atomic mass is 31.2. The highest BCUT2D eigenvalue weighted by Gasteiger charge is 2.40. The van der Waals surface area contributed by atoms with Gasteiger partial charge >= 0.3 is 0 Å². The van der Waals surface area contributed by atoms with Crippen LogP contribution in [-0.2, 0) is 27.1 Å². The Kier molecular flexibility index (Phi) is 12.5. The molecule has 0 aliphatic carbocycles. The maximum atomic E-state index is 15.1. The molecule has 0 radical (unpaired) electrons. The van der Waals surface area contributed by atoms with E-state index in [1.54, 1.807) is 32.7 Å². The van der Waals surface area contributed by atoms with Gasteiger partial charge in [0.2, 0.25) is 17.8 Å². The van der Waals surface area contributed by atoms with Gasteiger partial charge in [0.25, 0.3) is 5.91 Å². The number of ether oxygens (including phenoxy) is 2. The number of nitrogens with one attached hydrogen (secondary N) is 4. The molecule has 2 aromatic heterocycles. The van der Waals surface area contributed by atoms with Crippen molar-refractivity contribution in [1.29, 1.82) is 0 Å². The summed E-state index contributed by atoms with van der Waals surface area (Å²) in [5.74, 6) is -0.218. The van der Waals surface area contributed by atoms with Crippen molar-refractivity contribution >= 4 is 70.0 Å². The molecule has 0 bridgehead atoms. The Balaban J connectivity index is 0.778. The zero-order chi connectivity index (χ0) is 45.4. The fourth-order valence-electron chi connectivity index (χ4n) is 9.53. The van der Waals surface area contributed by atoms with Crippen molar-refractivity contribution in [2.45, 2.75) is 57.7 Å². The third-order valence-electron chi connectivity index (χ3n) is 13.0. The summed E-state index contributed by atoms with van der Waals surface area (Å²) >= 11 is 0. The maximum Gasteiger partial charge on any atom is 0.255 e. The maximum absolute atomic E-state index is 15.1. The molecule has 0 saturated carbocycles. The molecule has 4 aliphatic heterocycles. The number of carbonyl (C=O) groups excluding carboxylic acids is 3. The van der Waals surface area contributed by atoms with E-state index < -0.39 is 30.8 Å². The summed E-state index contributed by atoms with van der Waals surface area (Å²) in [4.78, 5) is 55.4. The van der Waals surface area contributed by atoms with Gasteiger partial charge in [-0.1, -0.05) is 19.1 Å². The van der Waals surface area contributed by atoms with Gasteiger partial charge in [0, 0.05) is 87.4 Å². The lowest BCUT2D eigenvalue weighted by Gasteiger charge is -2.43. The number of piperazine rings is 1. The summed E-state index contributed by atoms with van der Waals surface area (Å²) in [6.07, 6.45) is 4.98. The SMILES string of the molecule is CCc1cc(Nc2nc(Nc3ccccc3P(C)(C)=O)c3cn[nH]c3n2)c(OC)cc1N1CCC(N2CCN(CCOc3cc4c(cc3F)C(=O)N(C3CCC(=O)NC3=O)C4)CC2)CC1. The number of carbonyl (C=O) groups is 3. The normalized spacial score (nSPS) is 18.8. The van der Waals surface area contributed by atoms with Gasteiger partial charge in [-0.15, -0.1) is 0 Å². The van der Waals surface area contributed by atoms with Crippen LogP contribution in [0, 0.1) is 5.82 Å². The average Bonchev–Trinajstić information content (AvgIpc) is 3.90. The van der Waals surface area contributed by atoms with Gasteiger partial charge < -0.3 is 34.5 Å². The van der Waals surface area contributed by atoms with E-state index in [9.17, 15) is 18.9 Å². The van der Waals surface area contributed by atoms with Crippen molar-refractivity contribution in [3.8, 4) is 11.5 Å². The number of halogens is 1. The predicted octanol–water partition coefficient (Wildman–Crippen LogP) is 5.22. The molecule has 3 saturated heterocycles. The van der Waals surface area contributed by atoms with E-state index in [1.165, 1.54) is 16.5 Å². The molecule has 3 fully saturated rings. The first-order valence-corrected chi connectivity index (χ1v) is 24.9. The molecule has 5 aromatic rings. The van der Waals surface area contributed by atoms with E-state index in [1.807, 2.05) is 24.3 Å². The van der Waals surface area contributed by atoms with Crippen molar-refractivity contribution < 1.29 is 32.8 Å². The first-order valence-electron chi connectivity index (χ1n) is 22.3. The number of hydrogen-bond donors (Lipinski definition) is 4. The molecule has 9 rings (SSSR count). The van der Waals surface area contributed by atoms with E-state index in [0.717, 1.165) is 75.2 Å². The molecule has 3 aromatic carbocycles. The van der Waals surface area contributed by atoms with Crippen LogP contribution in [0.4, 0.5) is 33.2 Å². The molecule has 4 N–H and O–H groups in total. The van der Waals surface area contributed by atoms with Crippen LogP contribution >= 0.6 is 7.14 Å². The average molecular weight is 908 g/mol. The molecule has 342 valence electrons. The molecule has 6 heterocycles. The molecule has 19 heteroatoms. The summed E-state index contributed by atoms with van der Waals surface area (Å²) < 4.78 is 40.1. The second kappa shape index (κ2) is 18.4. The highest BCUT2D eigenvalue weighted by molar-refractivity contribution is 7.70. The zero-order valence-electron chi connectivity index (χ0n) is 37.2. The lowest BCUT2D eigenvalue weighted by molar-refractivity contribution is -0.136. The minimum atomic E-state index is -2.58. The molecule has 3 amide bonds. The number of benzene rings is 3. The molecule has 65 heavy (non-hydrogen) atoms.